The van der Waals surface area contributed by atoms with E-state index in [1.807, 2.05) is 4.90 Å². The fourth-order valence-corrected chi connectivity index (χ4v) is 3.14. The summed E-state index contributed by atoms with van der Waals surface area (Å²) in [4.78, 5) is 27.3. The van der Waals surface area contributed by atoms with Crippen LogP contribution in [0.15, 0.2) is 37.1 Å². The number of anilines is 1. The van der Waals surface area contributed by atoms with E-state index in [-0.39, 0.29) is 11.9 Å². The number of ether oxygens (including phenoxy) is 1. The molecule has 1 N–H and O–H groups in total. The Bertz CT molecular complexity index is 918. The number of nitrogens with one attached hydrogen (secondary N) is 1. The van der Waals surface area contributed by atoms with Crippen molar-refractivity contribution in [3.05, 3.63) is 42.6 Å². The molecule has 0 spiro atoms. The molecule has 1 saturated heterocycles. The van der Waals surface area contributed by atoms with Crippen LogP contribution in [0.4, 0.5) is 5.82 Å². The summed E-state index contributed by atoms with van der Waals surface area (Å²) in [6.45, 7) is 1.31. The van der Waals surface area contributed by atoms with Crippen LogP contribution in [0.25, 0.3) is 5.65 Å². The second kappa shape index (κ2) is 6.95. The number of likely N-dealkylation sites (tertiary alicyclic amines) is 1. The SMILES string of the molecule is COc1nccnc1NC1CCN(C(=O)c2cnn3cccnc23)CC1. The van der Waals surface area contributed by atoms with E-state index >= 15 is 0 Å². The van der Waals surface area contributed by atoms with E-state index in [2.05, 4.69) is 25.4 Å². The van der Waals surface area contributed by atoms with Gasteiger partial charge in [0.05, 0.1) is 13.3 Å². The first-order valence-electron chi connectivity index (χ1n) is 8.45. The number of amides is 1. The van der Waals surface area contributed by atoms with Gasteiger partial charge in [0.25, 0.3) is 11.8 Å². The summed E-state index contributed by atoms with van der Waals surface area (Å²) in [6.07, 6.45) is 9.88. The lowest BCUT2D eigenvalue weighted by molar-refractivity contribution is 0.0720. The van der Waals surface area contributed by atoms with Crippen LogP contribution in [0.5, 0.6) is 5.88 Å². The van der Waals surface area contributed by atoms with Crippen LogP contribution < -0.4 is 10.1 Å². The maximum atomic E-state index is 12.8. The predicted octanol–water partition coefficient (Wildman–Crippen LogP) is 1.24. The normalized spacial score (nSPS) is 15.2. The van der Waals surface area contributed by atoms with Crippen LogP contribution in [0.2, 0.25) is 0 Å². The molecule has 0 radical (unpaired) electrons. The highest BCUT2D eigenvalue weighted by atomic mass is 16.5. The molecule has 4 heterocycles. The number of nitrogens with zero attached hydrogens (tertiary/aromatic N) is 6. The van der Waals surface area contributed by atoms with Crippen molar-refractivity contribution < 1.29 is 9.53 Å². The first kappa shape index (κ1) is 16.2. The summed E-state index contributed by atoms with van der Waals surface area (Å²) < 4.78 is 6.83. The molecule has 134 valence electrons. The van der Waals surface area contributed by atoms with Gasteiger partial charge < -0.3 is 15.0 Å². The molecule has 3 aromatic rings. The molecule has 1 fully saturated rings. The highest BCUT2D eigenvalue weighted by Crippen LogP contribution is 2.22. The van der Waals surface area contributed by atoms with Crippen LogP contribution in [-0.4, -0.2) is 61.6 Å². The van der Waals surface area contributed by atoms with E-state index in [0.717, 1.165) is 12.8 Å². The standard InChI is InChI=1S/C17H19N7O2/c1-26-16-14(18-6-7-20-16)22-12-3-9-23(10-4-12)17(25)13-11-21-24-8-2-5-19-15(13)24/h2,5-8,11-12H,3-4,9-10H2,1H3,(H,18,22). The number of hydrogen-bond donors (Lipinski definition) is 1. The first-order valence-corrected chi connectivity index (χ1v) is 8.45. The highest BCUT2D eigenvalue weighted by Gasteiger charge is 2.26. The smallest absolute Gasteiger partial charge is 0.259 e. The summed E-state index contributed by atoms with van der Waals surface area (Å²) >= 11 is 0. The van der Waals surface area contributed by atoms with Gasteiger partial charge in [-0.05, 0) is 18.9 Å². The highest BCUT2D eigenvalue weighted by molar-refractivity contribution is 5.99. The van der Waals surface area contributed by atoms with Crippen molar-refractivity contribution in [2.45, 2.75) is 18.9 Å². The monoisotopic (exact) mass is 353 g/mol. The topological polar surface area (TPSA) is 97.5 Å². The molecular formula is C17H19N7O2. The lowest BCUT2D eigenvalue weighted by Crippen LogP contribution is -2.42. The molecule has 0 saturated carbocycles. The predicted molar refractivity (Wildman–Crippen MR) is 94.1 cm³/mol. The van der Waals surface area contributed by atoms with Crippen molar-refractivity contribution in [1.29, 1.82) is 0 Å². The van der Waals surface area contributed by atoms with Crippen LogP contribution in [0.3, 0.4) is 0 Å². The maximum absolute atomic E-state index is 12.8. The number of carbonyl (C=O) groups excluding carboxylic acids is 1. The molecule has 9 heteroatoms. The van der Waals surface area contributed by atoms with Crippen molar-refractivity contribution in [2.24, 2.45) is 0 Å². The number of aromatic nitrogens is 5. The molecule has 0 atom stereocenters. The van der Waals surface area contributed by atoms with Crippen molar-refractivity contribution >= 4 is 17.4 Å². The zero-order valence-electron chi connectivity index (χ0n) is 14.4. The number of fused-ring (bicyclic) bond motifs is 1. The van der Waals surface area contributed by atoms with E-state index in [1.54, 1.807) is 48.7 Å². The Morgan fingerprint density at radius 3 is 2.81 bits per heavy atom. The van der Waals surface area contributed by atoms with Crippen molar-refractivity contribution in [3.8, 4) is 5.88 Å². The van der Waals surface area contributed by atoms with Crippen molar-refractivity contribution in [3.63, 3.8) is 0 Å². The minimum Gasteiger partial charge on any atom is -0.478 e. The summed E-state index contributed by atoms with van der Waals surface area (Å²) in [5.41, 5.74) is 1.12. The number of piperidine rings is 1. The van der Waals surface area contributed by atoms with Crippen LogP contribution in [0, 0.1) is 0 Å². The lowest BCUT2D eigenvalue weighted by atomic mass is 10.0. The molecular weight excluding hydrogens is 334 g/mol. The Kier molecular flexibility index (Phi) is 4.34. The Morgan fingerprint density at radius 1 is 1.19 bits per heavy atom. The van der Waals surface area contributed by atoms with Gasteiger partial charge in [-0.25, -0.2) is 19.5 Å². The summed E-state index contributed by atoms with van der Waals surface area (Å²) in [5.74, 6) is 1.07. The Morgan fingerprint density at radius 2 is 2.00 bits per heavy atom. The fraction of sp³-hybridized carbons (Fsp3) is 0.353. The van der Waals surface area contributed by atoms with Crippen LogP contribution in [-0.2, 0) is 0 Å². The maximum Gasteiger partial charge on any atom is 0.259 e. The molecule has 3 aromatic heterocycles. The van der Waals surface area contributed by atoms with Crippen molar-refractivity contribution in [2.75, 3.05) is 25.5 Å². The third kappa shape index (κ3) is 3.03. The number of carbonyl (C=O) groups is 1. The van der Waals surface area contributed by atoms with Gasteiger partial charge in [0.1, 0.15) is 5.56 Å². The molecule has 0 unspecified atom stereocenters. The van der Waals surface area contributed by atoms with Gasteiger partial charge in [0.15, 0.2) is 11.5 Å². The Labute approximate surface area is 150 Å². The molecule has 0 bridgehead atoms. The first-order chi connectivity index (χ1) is 12.8. The molecule has 26 heavy (non-hydrogen) atoms. The van der Waals surface area contributed by atoms with Gasteiger partial charge in [-0.15, -0.1) is 0 Å². The Balaban J connectivity index is 1.41. The van der Waals surface area contributed by atoms with Crippen LogP contribution >= 0.6 is 0 Å². The Hall–Kier alpha value is -3.23. The van der Waals surface area contributed by atoms with Crippen LogP contribution in [0.1, 0.15) is 23.2 Å². The minimum absolute atomic E-state index is 0.0331. The second-order valence-electron chi connectivity index (χ2n) is 6.07. The lowest BCUT2D eigenvalue weighted by Gasteiger charge is -2.32. The molecule has 1 aliphatic heterocycles. The van der Waals surface area contributed by atoms with Gasteiger partial charge >= 0.3 is 0 Å². The summed E-state index contributed by atoms with van der Waals surface area (Å²) in [5, 5.41) is 7.55. The van der Waals surface area contributed by atoms with E-state index in [1.165, 1.54) is 0 Å². The van der Waals surface area contributed by atoms with Gasteiger partial charge in [-0.1, -0.05) is 0 Å². The van der Waals surface area contributed by atoms with Crippen molar-refractivity contribution in [1.82, 2.24) is 29.5 Å². The van der Waals surface area contributed by atoms with Gasteiger partial charge in [0, 0.05) is 43.9 Å². The third-order valence-corrected chi connectivity index (χ3v) is 4.49. The quantitative estimate of drug-likeness (QED) is 0.754. The van der Waals surface area contributed by atoms with E-state index in [4.69, 9.17) is 4.74 Å². The number of hydrogen-bond acceptors (Lipinski definition) is 7. The van der Waals surface area contributed by atoms with E-state index in [9.17, 15) is 4.79 Å². The molecule has 1 aliphatic rings. The molecule has 4 rings (SSSR count). The van der Waals surface area contributed by atoms with E-state index in [0.29, 0.717) is 36.0 Å². The minimum atomic E-state index is -0.0331. The summed E-state index contributed by atoms with van der Waals surface area (Å²) in [6, 6.07) is 2.00. The fourth-order valence-electron chi connectivity index (χ4n) is 3.14. The van der Waals surface area contributed by atoms with Gasteiger partial charge in [-0.2, -0.15) is 5.10 Å². The molecule has 1 amide bonds. The number of methoxy groups -OCH3 is 1. The number of rotatable bonds is 4. The zero-order chi connectivity index (χ0) is 17.9. The second-order valence-corrected chi connectivity index (χ2v) is 6.07. The third-order valence-electron chi connectivity index (χ3n) is 4.49. The summed E-state index contributed by atoms with van der Waals surface area (Å²) in [7, 11) is 1.57. The molecule has 0 aliphatic carbocycles. The largest absolute Gasteiger partial charge is 0.478 e. The van der Waals surface area contributed by atoms with Gasteiger partial charge in [-0.3, -0.25) is 4.79 Å². The zero-order valence-corrected chi connectivity index (χ0v) is 14.4. The average molecular weight is 353 g/mol. The molecule has 9 nitrogen and oxygen atoms in total. The molecule has 0 aromatic carbocycles. The van der Waals surface area contributed by atoms with Gasteiger partial charge in [0.2, 0.25) is 0 Å². The van der Waals surface area contributed by atoms with E-state index < -0.39 is 0 Å². The average Bonchev–Trinajstić information content (AvgIpc) is 3.12.